The normalized spacial score (nSPS) is 14.7. The van der Waals surface area contributed by atoms with Crippen molar-refractivity contribution in [3.05, 3.63) is 39.9 Å². The molecule has 2 rings (SSSR count). The van der Waals surface area contributed by atoms with E-state index < -0.39 is 10.8 Å². The second-order valence-corrected chi connectivity index (χ2v) is 6.49. The maximum absolute atomic E-state index is 11.9. The molecule has 0 spiro atoms. The van der Waals surface area contributed by atoms with Gasteiger partial charge in [-0.25, -0.2) is 0 Å². The highest BCUT2D eigenvalue weighted by Gasteiger charge is 2.14. The third-order valence-electron chi connectivity index (χ3n) is 4.56. The summed E-state index contributed by atoms with van der Waals surface area (Å²) in [5.74, 6) is 0.0442. The lowest BCUT2D eigenvalue weighted by Crippen LogP contribution is -2.37. The summed E-state index contributed by atoms with van der Waals surface area (Å²) < 4.78 is 0. The van der Waals surface area contributed by atoms with E-state index >= 15 is 0 Å². The molecule has 1 aliphatic rings. The van der Waals surface area contributed by atoms with Gasteiger partial charge in [-0.1, -0.05) is 38.2 Å². The molecule has 0 bridgehead atoms. The van der Waals surface area contributed by atoms with Gasteiger partial charge in [-0.15, -0.1) is 0 Å². The zero-order chi connectivity index (χ0) is 18.1. The summed E-state index contributed by atoms with van der Waals surface area (Å²) in [7, 11) is 0. The van der Waals surface area contributed by atoms with Crippen molar-refractivity contribution in [3.63, 3.8) is 0 Å². The Kier molecular flexibility index (Phi) is 7.37. The molecule has 2 N–H and O–H groups in total. The first kappa shape index (κ1) is 18.9. The minimum atomic E-state index is -0.560. The van der Waals surface area contributed by atoms with Crippen LogP contribution in [0.2, 0.25) is 0 Å². The van der Waals surface area contributed by atoms with Gasteiger partial charge in [0, 0.05) is 24.2 Å². The van der Waals surface area contributed by atoms with Crippen molar-refractivity contribution < 1.29 is 14.5 Å². The van der Waals surface area contributed by atoms with Gasteiger partial charge in [0.2, 0.25) is 5.91 Å². The van der Waals surface area contributed by atoms with Crippen molar-refractivity contribution in [2.75, 3.05) is 13.1 Å². The molecule has 0 heterocycles. The van der Waals surface area contributed by atoms with Gasteiger partial charge < -0.3 is 10.6 Å². The molecule has 0 aromatic heterocycles. The van der Waals surface area contributed by atoms with Gasteiger partial charge in [0.25, 0.3) is 11.6 Å². The highest BCUT2D eigenvalue weighted by Crippen LogP contribution is 2.26. The number of benzene rings is 1. The van der Waals surface area contributed by atoms with Crippen LogP contribution in [-0.4, -0.2) is 29.8 Å². The molecule has 0 atom stereocenters. The van der Waals surface area contributed by atoms with E-state index in [1.54, 1.807) is 0 Å². The number of amides is 2. The zero-order valence-electron chi connectivity index (χ0n) is 14.3. The summed E-state index contributed by atoms with van der Waals surface area (Å²) in [4.78, 5) is 33.9. The van der Waals surface area contributed by atoms with Crippen LogP contribution in [0.4, 0.5) is 5.69 Å². The second kappa shape index (κ2) is 9.76. The molecule has 2 amide bonds. The molecular formula is C18H25N3O4. The lowest BCUT2D eigenvalue weighted by Gasteiger charge is -2.21. The largest absolute Gasteiger partial charge is 0.355 e. The van der Waals surface area contributed by atoms with Crippen molar-refractivity contribution in [2.45, 2.75) is 44.9 Å². The SMILES string of the molecule is O=C(CNC(=O)c1cccc([N+](=O)[O-])c1)NCCCC1CCCCC1. The van der Waals surface area contributed by atoms with Crippen molar-refractivity contribution >= 4 is 17.5 Å². The predicted octanol–water partition coefficient (Wildman–Crippen LogP) is 2.80. The third-order valence-corrected chi connectivity index (χ3v) is 4.56. The number of rotatable bonds is 8. The Bertz CT molecular complexity index is 612. The van der Waals surface area contributed by atoms with Gasteiger partial charge in [0.1, 0.15) is 0 Å². The van der Waals surface area contributed by atoms with Gasteiger partial charge in [0.05, 0.1) is 11.5 Å². The Labute approximate surface area is 147 Å². The van der Waals surface area contributed by atoms with E-state index in [0.717, 1.165) is 18.8 Å². The molecule has 25 heavy (non-hydrogen) atoms. The van der Waals surface area contributed by atoms with Gasteiger partial charge in [-0.3, -0.25) is 19.7 Å². The number of nitro groups is 1. The van der Waals surface area contributed by atoms with Gasteiger partial charge >= 0.3 is 0 Å². The fourth-order valence-electron chi connectivity index (χ4n) is 3.18. The van der Waals surface area contributed by atoms with Crippen LogP contribution in [0.15, 0.2) is 24.3 Å². The highest BCUT2D eigenvalue weighted by molar-refractivity contribution is 5.96. The van der Waals surface area contributed by atoms with Crippen LogP contribution in [0, 0.1) is 16.0 Å². The summed E-state index contributed by atoms with van der Waals surface area (Å²) in [5, 5.41) is 16.0. The van der Waals surface area contributed by atoms with E-state index in [2.05, 4.69) is 10.6 Å². The number of carbonyl (C=O) groups is 2. The Balaban J connectivity index is 1.64. The molecule has 0 radical (unpaired) electrons. The molecule has 1 aliphatic carbocycles. The van der Waals surface area contributed by atoms with Crippen molar-refractivity contribution in [2.24, 2.45) is 5.92 Å². The molecule has 0 aliphatic heterocycles. The summed E-state index contributed by atoms with van der Waals surface area (Å²) in [6.07, 6.45) is 8.68. The number of non-ortho nitro benzene ring substituents is 1. The summed E-state index contributed by atoms with van der Waals surface area (Å²) in [6.45, 7) is 0.479. The number of hydrogen-bond acceptors (Lipinski definition) is 4. The quantitative estimate of drug-likeness (QED) is 0.429. The van der Waals surface area contributed by atoms with E-state index in [9.17, 15) is 19.7 Å². The Morgan fingerprint density at radius 2 is 1.92 bits per heavy atom. The summed E-state index contributed by atoms with van der Waals surface area (Å²) in [5.41, 5.74) is 0.0131. The molecule has 7 nitrogen and oxygen atoms in total. The smallest absolute Gasteiger partial charge is 0.270 e. The molecule has 1 fully saturated rings. The van der Waals surface area contributed by atoms with Crippen LogP contribution >= 0.6 is 0 Å². The van der Waals surface area contributed by atoms with Gasteiger partial charge in [-0.05, 0) is 24.8 Å². The van der Waals surface area contributed by atoms with Crippen LogP contribution < -0.4 is 10.6 Å². The Morgan fingerprint density at radius 1 is 1.16 bits per heavy atom. The highest BCUT2D eigenvalue weighted by atomic mass is 16.6. The van der Waals surface area contributed by atoms with Gasteiger partial charge in [-0.2, -0.15) is 0 Å². The van der Waals surface area contributed by atoms with Crippen molar-refractivity contribution in [3.8, 4) is 0 Å². The van der Waals surface area contributed by atoms with Crippen molar-refractivity contribution in [1.29, 1.82) is 0 Å². The minimum absolute atomic E-state index is 0.134. The van der Waals surface area contributed by atoms with Crippen molar-refractivity contribution in [1.82, 2.24) is 10.6 Å². The number of nitrogens with zero attached hydrogens (tertiary/aromatic N) is 1. The van der Waals surface area contributed by atoms with Crippen LogP contribution in [0.3, 0.4) is 0 Å². The van der Waals surface area contributed by atoms with E-state index in [1.165, 1.54) is 56.4 Å². The zero-order valence-corrected chi connectivity index (χ0v) is 14.3. The van der Waals surface area contributed by atoms with E-state index in [4.69, 9.17) is 0 Å². The first-order chi connectivity index (χ1) is 12.1. The third kappa shape index (κ3) is 6.52. The van der Waals surface area contributed by atoms with E-state index in [0.29, 0.717) is 6.54 Å². The molecule has 0 saturated heterocycles. The van der Waals surface area contributed by atoms with Crippen LogP contribution in [0.1, 0.15) is 55.3 Å². The molecule has 136 valence electrons. The van der Waals surface area contributed by atoms with E-state index in [-0.39, 0.29) is 23.7 Å². The average molecular weight is 347 g/mol. The molecule has 0 unspecified atom stereocenters. The first-order valence-corrected chi connectivity index (χ1v) is 8.85. The maximum atomic E-state index is 11.9. The lowest BCUT2D eigenvalue weighted by atomic mass is 9.86. The lowest BCUT2D eigenvalue weighted by molar-refractivity contribution is -0.384. The first-order valence-electron chi connectivity index (χ1n) is 8.85. The molecule has 1 aromatic rings. The molecule has 7 heteroatoms. The topological polar surface area (TPSA) is 101 Å². The molecule has 1 aromatic carbocycles. The number of hydrogen-bond donors (Lipinski definition) is 2. The molecular weight excluding hydrogens is 322 g/mol. The van der Waals surface area contributed by atoms with Gasteiger partial charge in [0.15, 0.2) is 0 Å². The fourth-order valence-corrected chi connectivity index (χ4v) is 3.18. The molecule has 1 saturated carbocycles. The monoisotopic (exact) mass is 347 g/mol. The average Bonchev–Trinajstić information content (AvgIpc) is 2.64. The fraction of sp³-hybridized carbons (Fsp3) is 0.556. The Hall–Kier alpha value is -2.44. The Morgan fingerprint density at radius 3 is 2.64 bits per heavy atom. The predicted molar refractivity (Wildman–Crippen MR) is 94.2 cm³/mol. The maximum Gasteiger partial charge on any atom is 0.270 e. The van der Waals surface area contributed by atoms with Crippen LogP contribution in [0.25, 0.3) is 0 Å². The summed E-state index contributed by atoms with van der Waals surface area (Å²) in [6, 6.07) is 5.43. The summed E-state index contributed by atoms with van der Waals surface area (Å²) >= 11 is 0. The number of carbonyl (C=O) groups excluding carboxylic acids is 2. The number of nitro benzene ring substituents is 1. The number of nitrogens with one attached hydrogen (secondary N) is 2. The van der Waals surface area contributed by atoms with E-state index in [1.807, 2.05) is 0 Å². The standard InChI is InChI=1S/C18H25N3O4/c22-17(19-11-5-8-14-6-2-1-3-7-14)13-20-18(23)15-9-4-10-16(12-15)21(24)25/h4,9-10,12,14H,1-3,5-8,11,13H2,(H,19,22)(H,20,23). The second-order valence-electron chi connectivity index (χ2n) is 6.49. The minimum Gasteiger partial charge on any atom is -0.355 e. The van der Waals surface area contributed by atoms with Crippen LogP contribution in [0.5, 0.6) is 0 Å². The van der Waals surface area contributed by atoms with Crippen LogP contribution in [-0.2, 0) is 4.79 Å².